The molecule has 0 aliphatic carbocycles. The first-order valence-corrected chi connectivity index (χ1v) is 41.8. The predicted octanol–water partition coefficient (Wildman–Crippen LogP) is 9.16. The Morgan fingerprint density at radius 3 is 2.02 bits per heavy atom. The van der Waals surface area contributed by atoms with Crippen molar-refractivity contribution in [2.45, 2.75) is 184 Å². The van der Waals surface area contributed by atoms with E-state index in [1.54, 1.807) is 121 Å². The molecule has 0 spiro atoms. The quantitative estimate of drug-likeness (QED) is 0.00676. The molecule has 2 fully saturated rings. The van der Waals surface area contributed by atoms with Crippen LogP contribution in [0.2, 0.25) is 5.02 Å². The lowest BCUT2D eigenvalue weighted by Crippen LogP contribution is -2.57. The van der Waals surface area contributed by atoms with Gasteiger partial charge in [0.15, 0.2) is 25.5 Å². The zero-order valence-corrected chi connectivity index (χ0v) is 69.2. The fraction of sp³-hybridized carbons (Fsp3) is 0.470. The lowest BCUT2D eigenvalue weighted by molar-refractivity contribution is -0.162. The number of aryl methyl sites for hydroxylation is 2. The molecule has 0 radical (unpaired) electrons. The van der Waals surface area contributed by atoms with Gasteiger partial charge in [-0.2, -0.15) is 0 Å². The maximum atomic E-state index is 14.4. The number of hydrogen-bond donors (Lipinski definition) is 7. The van der Waals surface area contributed by atoms with E-state index < -0.39 is 144 Å². The molecular weight excluding hydrogens is 1540 g/mol. The lowest BCUT2D eigenvalue weighted by Gasteiger charge is -2.39. The molecule has 0 aromatic heterocycles. The van der Waals surface area contributed by atoms with Gasteiger partial charge in [-0.05, 0) is 139 Å². The minimum atomic E-state index is -4.12. The van der Waals surface area contributed by atoms with E-state index >= 15 is 0 Å². The number of epoxide rings is 1. The fourth-order valence-electron chi connectivity index (χ4n) is 13.2. The zero-order chi connectivity index (χ0) is 84.3. The van der Waals surface area contributed by atoms with Gasteiger partial charge in [-0.15, -0.1) is 0 Å². The van der Waals surface area contributed by atoms with Gasteiger partial charge in [0.05, 0.1) is 65.8 Å². The number of benzene rings is 5. The Bertz CT molecular complexity index is 4560. The molecule has 2 saturated heterocycles. The van der Waals surface area contributed by atoms with E-state index in [1.165, 1.54) is 86.3 Å². The third kappa shape index (κ3) is 25.5. The summed E-state index contributed by atoms with van der Waals surface area (Å²) in [5.74, 6) is -8.22. The summed E-state index contributed by atoms with van der Waals surface area (Å²) >= 11 is 6.83. The SMILES string of the molecule is COc1cc2cc(c1Cl)N(C)C(=O)C[C@@H](OC(=O)[C@H](C)N(C)C(=O)CCCCCNC(=O)OCc1ccc(NC(=O)[C@H](C)NC(=O)[C@@H](NC(=O)CCOCCNC(=O)c3ccc(C(=O)C(CS(=O)(=O)c4ccc(C)cc4)CS(=O)(=O)c4ccc(C)cc4)cc3)C(C)C)cc1)[C@@]1(C)OC1[C@H](C)C1CC(O)(C/C=C\C=C(\C)C2)NC(=O)O1. The molecule has 32 heteroatoms. The summed E-state index contributed by atoms with van der Waals surface area (Å²) in [6.45, 7) is 15.5. The smallest absolute Gasteiger partial charge is 0.409 e. The van der Waals surface area contributed by atoms with E-state index in [0.29, 0.717) is 48.4 Å². The average Bonchev–Trinajstić information content (AvgIpc) is 1.57. The third-order valence-corrected chi connectivity index (χ3v) is 24.5. The number of anilines is 2. The van der Waals surface area contributed by atoms with Crippen LogP contribution < -0.4 is 41.5 Å². The number of likely N-dealkylation sites (N-methyl/N-ethyl adjacent to an activating group) is 1. The number of nitrogens with one attached hydrogen (secondary N) is 6. The van der Waals surface area contributed by atoms with Gasteiger partial charge in [-0.25, -0.2) is 31.2 Å². The van der Waals surface area contributed by atoms with Gasteiger partial charge in [0.25, 0.3) is 5.91 Å². The Balaban J connectivity index is 0.711. The summed E-state index contributed by atoms with van der Waals surface area (Å²) in [6, 6.07) is 24.3. The number of halogens is 1. The van der Waals surface area contributed by atoms with Crippen molar-refractivity contribution in [3.05, 3.63) is 171 Å². The molecule has 3 aliphatic rings. The summed E-state index contributed by atoms with van der Waals surface area (Å²) in [5.41, 5.74) is 1.91. The number of fused-ring (bicyclic) bond motifs is 5. The van der Waals surface area contributed by atoms with Gasteiger partial charge >= 0.3 is 18.2 Å². The lowest BCUT2D eigenvalue weighted by atomic mass is 9.84. The highest BCUT2D eigenvalue weighted by molar-refractivity contribution is 7.92. The van der Waals surface area contributed by atoms with Crippen molar-refractivity contribution in [1.82, 2.24) is 31.5 Å². The van der Waals surface area contributed by atoms with Crippen molar-refractivity contribution >= 4 is 102 Å². The Kier molecular flexibility index (Phi) is 31.9. The Morgan fingerprint density at radius 1 is 0.774 bits per heavy atom. The highest BCUT2D eigenvalue weighted by Gasteiger charge is 2.64. The van der Waals surface area contributed by atoms with Crippen LogP contribution in [0.15, 0.2) is 143 Å². The summed E-state index contributed by atoms with van der Waals surface area (Å²) < 4.78 is 89.0. The maximum absolute atomic E-state index is 14.4. The third-order valence-electron chi connectivity index (χ3n) is 20.5. The Labute approximate surface area is 676 Å². The fourth-order valence-corrected chi connectivity index (χ4v) is 16.8. The van der Waals surface area contributed by atoms with E-state index in [1.807, 2.05) is 13.0 Å². The average molecular weight is 1650 g/mol. The van der Waals surface area contributed by atoms with E-state index in [9.17, 15) is 69.9 Å². The number of alkyl carbamates (subject to hydrolysis) is 2. The second-order valence-electron chi connectivity index (χ2n) is 30.1. The van der Waals surface area contributed by atoms with Gasteiger partial charge < -0.3 is 69.9 Å². The second kappa shape index (κ2) is 40.5. The molecule has 29 nitrogen and oxygen atoms in total. The van der Waals surface area contributed by atoms with Crippen molar-refractivity contribution in [1.29, 1.82) is 0 Å². The predicted molar refractivity (Wildman–Crippen MR) is 429 cm³/mol. The molecule has 0 saturated carbocycles. The van der Waals surface area contributed by atoms with Crippen molar-refractivity contribution < 1.29 is 98.3 Å². The Hall–Kier alpha value is -10.1. The number of nitrogens with zero attached hydrogens (tertiary/aromatic N) is 2. The topological polar surface area (TPSA) is 397 Å². The number of carbonyl (C=O) groups excluding carboxylic acids is 10. The summed E-state index contributed by atoms with van der Waals surface area (Å²) in [5, 5.41) is 27.7. The zero-order valence-electron chi connectivity index (χ0n) is 66.8. The minimum absolute atomic E-state index is 0.00271. The van der Waals surface area contributed by atoms with Crippen LogP contribution in [0.4, 0.5) is 21.0 Å². The minimum Gasteiger partial charge on any atom is -0.495 e. The van der Waals surface area contributed by atoms with E-state index in [2.05, 4.69) is 31.9 Å². The van der Waals surface area contributed by atoms with E-state index in [4.69, 9.17) is 40.0 Å². The number of hydrogen-bond acceptors (Lipinski definition) is 21. The molecule has 9 atom stereocenters. The van der Waals surface area contributed by atoms with Gasteiger partial charge in [0, 0.05) is 75.6 Å². The number of aliphatic hydroxyl groups is 1. The Morgan fingerprint density at radius 2 is 1.40 bits per heavy atom. The summed E-state index contributed by atoms with van der Waals surface area (Å²) in [7, 11) is -3.76. The molecule has 3 unspecified atom stereocenters. The summed E-state index contributed by atoms with van der Waals surface area (Å²) in [6.07, 6.45) is 2.70. The maximum Gasteiger partial charge on any atom is 0.409 e. The van der Waals surface area contributed by atoms with E-state index in [0.717, 1.165) is 22.3 Å². The van der Waals surface area contributed by atoms with Crippen LogP contribution in [0.5, 0.6) is 5.75 Å². The summed E-state index contributed by atoms with van der Waals surface area (Å²) in [4.78, 5) is 137. The molecule has 8 amide bonds. The standard InChI is InChI=1S/C83H105ClN8O21S2/c1-50(2)73(89-69(93)36-40-109-41-39-85-77(98)60-28-26-59(27-29-60)74(96)61(48-114(104,105)63-32-20-51(3)21-33-63)49-115(106,107)64-34-22-52(4)23-35-64)78(99)87-55(7)76(97)88-62-30-24-57(25-31-62)47-110-80(101)86-38-17-13-14-19-70(94)91(10)56(8)79(100)112-68-45-71(95)92(11)65-43-58(44-66(108-12)72(65)84)42-53(5)18-15-16-37-83(103)46-67(111-81(102)90-83)54(6)75-82(68,9)113-75/h15-16,18,20-35,43-44,50,54-56,61,67-68,73,75,103H,13-14,17,19,36-42,45-49H2,1-12H3,(H,85,98)(H,86,101)(H,87,99)(H,88,97)(H,89,93)(H,90,102)/b16-15-,53-18-/t54-,55+,56+,67?,68-,73+,75?,82-,83?/m1/s1. The van der Waals surface area contributed by atoms with E-state index in [-0.39, 0.29) is 103 Å². The molecule has 115 heavy (non-hydrogen) atoms. The highest BCUT2D eigenvalue weighted by Crippen LogP contribution is 2.49. The van der Waals surface area contributed by atoms with Crippen LogP contribution >= 0.6 is 11.6 Å². The number of Topliss-reactive ketones (excluding diaryl/α,β-unsaturated/α-hetero) is 1. The molecule has 5 aromatic rings. The van der Waals surface area contributed by atoms with Crippen LogP contribution in [0, 0.1) is 31.6 Å². The van der Waals surface area contributed by atoms with Gasteiger partial charge in [-0.3, -0.25) is 38.9 Å². The van der Waals surface area contributed by atoms with Crippen molar-refractivity contribution in [2.24, 2.45) is 17.8 Å². The first kappa shape index (κ1) is 90.5. The first-order chi connectivity index (χ1) is 54.3. The molecule has 3 heterocycles. The van der Waals surface area contributed by atoms with Crippen LogP contribution in [0.1, 0.15) is 143 Å². The molecule has 7 N–H and O–H groups in total. The van der Waals surface area contributed by atoms with Gasteiger partial charge in [0.2, 0.25) is 29.5 Å². The number of sulfone groups is 2. The van der Waals surface area contributed by atoms with Crippen molar-refractivity contribution in [3.63, 3.8) is 0 Å². The number of carbonyl (C=O) groups is 10. The largest absolute Gasteiger partial charge is 0.495 e. The number of amides is 8. The number of ether oxygens (including phenoxy) is 6. The normalized spacial score (nSPS) is 20.6. The highest BCUT2D eigenvalue weighted by atomic mass is 35.5. The number of methoxy groups -OCH3 is 1. The molecular formula is C83H105ClN8O21S2. The molecule has 5 aromatic carbocycles. The second-order valence-corrected chi connectivity index (χ2v) is 34.5. The van der Waals surface area contributed by atoms with Gasteiger partial charge in [0.1, 0.15) is 59.0 Å². The monoisotopic (exact) mass is 1650 g/mol. The van der Waals surface area contributed by atoms with Crippen LogP contribution in [0.25, 0.3) is 0 Å². The van der Waals surface area contributed by atoms with Gasteiger partial charge in [-0.1, -0.05) is 122 Å². The molecule has 8 rings (SSSR count). The number of unbranched alkanes of at least 4 members (excludes halogenated alkanes) is 2. The molecule has 4 bridgehead atoms. The molecule has 622 valence electrons. The number of ketones is 1. The first-order valence-electron chi connectivity index (χ1n) is 38.1. The number of allylic oxidation sites excluding steroid dienone is 3. The van der Waals surface area contributed by atoms with Crippen molar-refractivity contribution in [3.8, 4) is 5.75 Å². The molecule has 3 aliphatic heterocycles. The number of rotatable bonds is 33. The van der Waals surface area contributed by atoms with Crippen LogP contribution in [0.3, 0.4) is 0 Å². The van der Waals surface area contributed by atoms with Crippen LogP contribution in [-0.2, 0) is 85.2 Å². The van der Waals surface area contributed by atoms with Crippen molar-refractivity contribution in [2.75, 3.05) is 69.2 Å². The van der Waals surface area contributed by atoms with Crippen LogP contribution in [-0.4, -0.2) is 193 Å². The number of esters is 1.